The van der Waals surface area contributed by atoms with E-state index in [-0.39, 0.29) is 38.3 Å². The van der Waals surface area contributed by atoms with E-state index in [0.29, 0.717) is 33.0 Å². The van der Waals surface area contributed by atoms with E-state index in [0.717, 1.165) is 16.7 Å². The molecule has 0 spiro atoms. The van der Waals surface area contributed by atoms with Crippen molar-refractivity contribution < 1.29 is 23.7 Å². The molecule has 1 aliphatic heterocycles. The number of rotatable bonds is 15. The van der Waals surface area contributed by atoms with Crippen molar-refractivity contribution >= 4 is 19.4 Å². The quantitative estimate of drug-likeness (QED) is 0.108. The number of hydrogen-bond acceptors (Lipinski definition) is 5. The van der Waals surface area contributed by atoms with Crippen LogP contribution >= 0.6 is 0 Å². The fraction of sp³-hybridized carbons (Fsp3) is 0.316. The van der Waals surface area contributed by atoms with Crippen molar-refractivity contribution in [3.05, 3.63) is 150 Å². The first-order valence-electron chi connectivity index (χ1n) is 15.2. The van der Waals surface area contributed by atoms with Gasteiger partial charge in [0.15, 0.2) is 0 Å². The van der Waals surface area contributed by atoms with Crippen LogP contribution in [0.3, 0.4) is 0 Å². The number of ether oxygens (including phenoxy) is 5. The van der Waals surface area contributed by atoms with Gasteiger partial charge in [0.05, 0.1) is 0 Å². The van der Waals surface area contributed by atoms with E-state index >= 15 is 0 Å². The van der Waals surface area contributed by atoms with Crippen LogP contribution in [0.15, 0.2) is 133 Å². The van der Waals surface area contributed by atoms with Gasteiger partial charge < -0.3 is 0 Å². The summed E-state index contributed by atoms with van der Waals surface area (Å²) in [6.45, 7) is 6.40. The SMILES string of the molecule is CC(C)=CCO[C@@H]1[C@@H](OCc2ccccc2)[C@H](OCc2ccccc2)[C@@H](COCc2ccccc2)O[C@H]1[Se]c1ccccc1. The van der Waals surface area contributed by atoms with E-state index in [9.17, 15) is 0 Å². The van der Waals surface area contributed by atoms with Crippen LogP contribution in [0.5, 0.6) is 0 Å². The van der Waals surface area contributed by atoms with Crippen molar-refractivity contribution in [2.45, 2.75) is 63.1 Å². The molecule has 44 heavy (non-hydrogen) atoms. The van der Waals surface area contributed by atoms with Gasteiger partial charge in [-0.25, -0.2) is 0 Å². The summed E-state index contributed by atoms with van der Waals surface area (Å²) in [4.78, 5) is 0. The van der Waals surface area contributed by atoms with Crippen LogP contribution in [0.25, 0.3) is 0 Å². The molecule has 1 fully saturated rings. The monoisotopic (exact) mass is 658 g/mol. The molecule has 0 N–H and O–H groups in total. The molecule has 0 aliphatic carbocycles. The zero-order valence-corrected chi connectivity index (χ0v) is 27.2. The first kappa shape index (κ1) is 32.3. The summed E-state index contributed by atoms with van der Waals surface area (Å²) in [7, 11) is 0. The third-order valence-corrected chi connectivity index (χ3v) is 9.76. The Balaban J connectivity index is 1.45. The van der Waals surface area contributed by atoms with Crippen LogP contribution in [-0.2, 0) is 43.5 Å². The van der Waals surface area contributed by atoms with Crippen molar-refractivity contribution in [1.82, 2.24) is 0 Å². The number of hydrogen-bond donors (Lipinski definition) is 0. The Kier molecular flexibility index (Phi) is 12.8. The van der Waals surface area contributed by atoms with Gasteiger partial charge >= 0.3 is 269 Å². The predicted octanol–water partition coefficient (Wildman–Crippen LogP) is 6.48. The Hall–Kier alpha value is -3.06. The molecule has 0 amide bonds. The first-order valence-corrected chi connectivity index (χ1v) is 17.0. The molecule has 5 atom stereocenters. The first-order chi connectivity index (χ1) is 21.7. The zero-order chi connectivity index (χ0) is 30.4. The van der Waals surface area contributed by atoms with Gasteiger partial charge in [-0.15, -0.1) is 0 Å². The Morgan fingerprint density at radius 2 is 1.11 bits per heavy atom. The Morgan fingerprint density at radius 1 is 0.614 bits per heavy atom. The second kappa shape index (κ2) is 17.4. The van der Waals surface area contributed by atoms with E-state index in [1.54, 1.807) is 0 Å². The fourth-order valence-corrected chi connectivity index (χ4v) is 7.44. The maximum atomic E-state index is 6.93. The van der Waals surface area contributed by atoms with Gasteiger partial charge in [0, 0.05) is 0 Å². The molecule has 0 radical (unpaired) electrons. The average molecular weight is 658 g/mol. The molecule has 5 nitrogen and oxygen atoms in total. The van der Waals surface area contributed by atoms with Crippen LogP contribution in [0.2, 0.25) is 0 Å². The standard InChI is InChI=1S/C38H42O5Se/c1-29(2)23-24-40-37-36(42-27-32-19-11-5-12-20-32)35(41-26-31-17-9-4-10-18-31)34(28-39-25-30-15-7-3-8-16-30)43-38(37)44-33-21-13-6-14-22-33/h3-23,34-38H,24-28H2,1-2H3/t34-,35-,36+,37-,38+/m1/s1. The van der Waals surface area contributed by atoms with Crippen LogP contribution < -0.4 is 4.46 Å². The molecule has 1 saturated heterocycles. The third kappa shape index (κ3) is 9.98. The van der Waals surface area contributed by atoms with Crippen LogP contribution in [0.1, 0.15) is 30.5 Å². The zero-order valence-electron chi connectivity index (χ0n) is 25.5. The van der Waals surface area contributed by atoms with Gasteiger partial charge in [-0.05, 0) is 0 Å². The van der Waals surface area contributed by atoms with E-state index in [4.69, 9.17) is 23.7 Å². The van der Waals surface area contributed by atoms with E-state index in [1.807, 2.05) is 60.7 Å². The summed E-state index contributed by atoms with van der Waals surface area (Å²) in [5, 5.41) is -0.196. The van der Waals surface area contributed by atoms with E-state index in [2.05, 4.69) is 80.6 Å². The van der Waals surface area contributed by atoms with Crippen LogP contribution in [-0.4, -0.2) is 57.6 Å². The van der Waals surface area contributed by atoms with Gasteiger partial charge in [0.2, 0.25) is 0 Å². The molecule has 0 unspecified atom stereocenters. The van der Waals surface area contributed by atoms with Gasteiger partial charge in [0.25, 0.3) is 0 Å². The van der Waals surface area contributed by atoms with Crippen LogP contribution in [0, 0.1) is 0 Å². The Labute approximate surface area is 268 Å². The minimum atomic E-state index is -0.408. The molecule has 4 aromatic carbocycles. The van der Waals surface area contributed by atoms with Crippen molar-refractivity contribution in [2.75, 3.05) is 13.2 Å². The Morgan fingerprint density at radius 3 is 1.66 bits per heavy atom. The molecule has 0 saturated carbocycles. The summed E-state index contributed by atoms with van der Waals surface area (Å²) in [6, 6.07) is 41.3. The third-order valence-electron chi connectivity index (χ3n) is 7.33. The number of allylic oxidation sites excluding steroid dienone is 1. The molecule has 4 aromatic rings. The molecule has 1 aliphatic rings. The summed E-state index contributed by atoms with van der Waals surface area (Å²) in [5.74, 6) is 0. The Bertz CT molecular complexity index is 1380. The van der Waals surface area contributed by atoms with Gasteiger partial charge in [0.1, 0.15) is 0 Å². The van der Waals surface area contributed by atoms with Crippen molar-refractivity contribution in [2.24, 2.45) is 0 Å². The summed E-state index contributed by atoms with van der Waals surface area (Å²) in [6.07, 6.45) is 0.645. The summed E-state index contributed by atoms with van der Waals surface area (Å²) in [5.41, 5.74) is 4.52. The molecule has 0 aromatic heterocycles. The molecule has 0 bridgehead atoms. The normalized spacial score (nSPS) is 21.5. The fourth-order valence-electron chi connectivity index (χ4n) is 5.03. The minimum absolute atomic E-state index is 0.0344. The second-order valence-electron chi connectivity index (χ2n) is 11.1. The molecule has 5 rings (SSSR count). The molecular formula is C38H42O5Se. The van der Waals surface area contributed by atoms with Crippen molar-refractivity contribution in [1.29, 1.82) is 0 Å². The summed E-state index contributed by atoms with van der Waals surface area (Å²) < 4.78 is 34.7. The second-order valence-corrected chi connectivity index (χ2v) is 13.5. The number of benzene rings is 4. The van der Waals surface area contributed by atoms with Gasteiger partial charge in [-0.2, -0.15) is 0 Å². The molecule has 6 heteroatoms. The van der Waals surface area contributed by atoms with Gasteiger partial charge in [-0.3, -0.25) is 0 Å². The summed E-state index contributed by atoms with van der Waals surface area (Å²) >= 11 is -0.0344. The molecule has 1 heterocycles. The van der Waals surface area contributed by atoms with Crippen molar-refractivity contribution in [3.63, 3.8) is 0 Å². The van der Waals surface area contributed by atoms with Crippen molar-refractivity contribution in [3.8, 4) is 0 Å². The van der Waals surface area contributed by atoms with Crippen LogP contribution in [0.4, 0.5) is 0 Å². The topological polar surface area (TPSA) is 46.2 Å². The van der Waals surface area contributed by atoms with E-state index in [1.165, 1.54) is 10.0 Å². The van der Waals surface area contributed by atoms with E-state index < -0.39 is 6.10 Å². The predicted molar refractivity (Wildman–Crippen MR) is 176 cm³/mol. The average Bonchev–Trinajstić information content (AvgIpc) is 3.06. The molecule has 230 valence electrons. The van der Waals surface area contributed by atoms with Gasteiger partial charge in [-0.1, -0.05) is 0 Å². The molecular weight excluding hydrogens is 615 g/mol. The maximum absolute atomic E-state index is 6.93.